The monoisotopic (exact) mass is 275 g/mol. The zero-order chi connectivity index (χ0) is 14.6. The fourth-order valence-electron chi connectivity index (χ4n) is 1.97. The number of rotatable bonds is 5. The Morgan fingerprint density at radius 2 is 2.15 bits per heavy atom. The van der Waals surface area contributed by atoms with Crippen molar-refractivity contribution in [3.05, 3.63) is 29.3 Å². The number of hydrogen-bond acceptors (Lipinski definition) is 4. The van der Waals surface area contributed by atoms with Crippen LogP contribution in [-0.2, 0) is 16.1 Å². The van der Waals surface area contributed by atoms with Crippen molar-refractivity contribution in [1.82, 2.24) is 0 Å². The highest BCUT2D eigenvalue weighted by atomic mass is 16.6. The highest BCUT2D eigenvalue weighted by Gasteiger charge is 2.15. The summed E-state index contributed by atoms with van der Waals surface area (Å²) in [5.74, 6) is 0.642. The van der Waals surface area contributed by atoms with Crippen LogP contribution in [0.1, 0.15) is 44.7 Å². The molecule has 0 bridgehead atoms. The average Bonchev–Trinajstić information content (AvgIpc) is 2.79. The van der Waals surface area contributed by atoms with Gasteiger partial charge in [-0.05, 0) is 44.9 Å². The summed E-state index contributed by atoms with van der Waals surface area (Å²) in [5, 5.41) is 0. The number of nitrogens with zero attached hydrogens (tertiary/aromatic N) is 1. The van der Waals surface area contributed by atoms with Gasteiger partial charge in [0, 0.05) is 18.2 Å². The van der Waals surface area contributed by atoms with Crippen LogP contribution in [0.25, 0.3) is 0 Å². The molecule has 1 heterocycles. The summed E-state index contributed by atoms with van der Waals surface area (Å²) in [6.07, 6.45) is 2.90. The van der Waals surface area contributed by atoms with Crippen LogP contribution in [0, 0.1) is 0 Å². The van der Waals surface area contributed by atoms with Crippen molar-refractivity contribution in [3.63, 3.8) is 0 Å². The summed E-state index contributed by atoms with van der Waals surface area (Å²) in [6, 6.07) is 5.96. The number of aliphatic imine (C=N–C) groups is 1. The number of esters is 1. The number of ether oxygens (including phenoxy) is 2. The highest BCUT2D eigenvalue weighted by molar-refractivity contribution is 5.84. The summed E-state index contributed by atoms with van der Waals surface area (Å²) >= 11 is 0. The number of benzene rings is 1. The first-order chi connectivity index (χ1) is 9.44. The van der Waals surface area contributed by atoms with Crippen LogP contribution in [0.15, 0.2) is 23.2 Å². The van der Waals surface area contributed by atoms with Crippen LogP contribution >= 0.6 is 0 Å². The molecule has 0 amide bonds. The van der Waals surface area contributed by atoms with Crippen LogP contribution in [0.5, 0.6) is 5.75 Å². The quantitative estimate of drug-likeness (QED) is 0.612. The van der Waals surface area contributed by atoms with E-state index in [4.69, 9.17) is 9.47 Å². The molecule has 4 heteroatoms. The Morgan fingerprint density at radius 1 is 1.35 bits per heavy atom. The number of hydrogen-bond donors (Lipinski definition) is 0. The molecule has 1 aliphatic heterocycles. The average molecular weight is 275 g/mol. The van der Waals surface area contributed by atoms with E-state index in [1.54, 1.807) is 0 Å². The fraction of sp³-hybridized carbons (Fsp3) is 0.500. The van der Waals surface area contributed by atoms with Crippen molar-refractivity contribution >= 4 is 12.2 Å². The third kappa shape index (κ3) is 4.37. The maximum absolute atomic E-state index is 11.5. The molecule has 108 valence electrons. The van der Waals surface area contributed by atoms with Gasteiger partial charge in [-0.2, -0.15) is 0 Å². The molecule has 2 rings (SSSR count). The normalized spacial score (nSPS) is 13.2. The van der Waals surface area contributed by atoms with Crippen LogP contribution in [0.3, 0.4) is 0 Å². The molecule has 0 fully saturated rings. The summed E-state index contributed by atoms with van der Waals surface area (Å²) in [4.78, 5) is 15.7. The lowest BCUT2D eigenvalue weighted by Gasteiger charge is -2.19. The van der Waals surface area contributed by atoms with E-state index >= 15 is 0 Å². The minimum absolute atomic E-state index is 0.179. The van der Waals surface area contributed by atoms with E-state index in [9.17, 15) is 4.79 Å². The molecule has 0 spiro atoms. The maximum atomic E-state index is 11.5. The second-order valence-corrected chi connectivity index (χ2v) is 5.87. The highest BCUT2D eigenvalue weighted by Crippen LogP contribution is 2.21. The molecular weight excluding hydrogens is 254 g/mol. The van der Waals surface area contributed by atoms with E-state index in [0.29, 0.717) is 19.4 Å². The van der Waals surface area contributed by atoms with E-state index in [-0.39, 0.29) is 5.97 Å². The Morgan fingerprint density at radius 3 is 2.90 bits per heavy atom. The van der Waals surface area contributed by atoms with Crippen LogP contribution in [-0.4, -0.2) is 24.4 Å². The number of fused-ring (bicyclic) bond motifs is 1. The van der Waals surface area contributed by atoms with E-state index in [2.05, 4.69) is 4.99 Å². The van der Waals surface area contributed by atoms with Gasteiger partial charge < -0.3 is 9.47 Å². The lowest BCUT2D eigenvalue weighted by Crippen LogP contribution is -2.23. The first-order valence-corrected chi connectivity index (χ1v) is 6.91. The van der Waals surface area contributed by atoms with Gasteiger partial charge >= 0.3 is 5.97 Å². The molecule has 0 radical (unpaired) electrons. The van der Waals surface area contributed by atoms with Gasteiger partial charge in [-0.1, -0.05) is 6.07 Å². The van der Waals surface area contributed by atoms with Crippen molar-refractivity contribution in [2.75, 3.05) is 6.61 Å². The van der Waals surface area contributed by atoms with Gasteiger partial charge in [-0.3, -0.25) is 9.79 Å². The zero-order valence-corrected chi connectivity index (χ0v) is 12.3. The summed E-state index contributed by atoms with van der Waals surface area (Å²) in [7, 11) is 0. The predicted octanol–water partition coefficient (Wildman–Crippen LogP) is 3.12. The van der Waals surface area contributed by atoms with Crippen molar-refractivity contribution in [2.24, 2.45) is 4.99 Å². The summed E-state index contributed by atoms with van der Waals surface area (Å²) in [6.45, 7) is 6.87. The Balaban J connectivity index is 1.71. The van der Waals surface area contributed by atoms with E-state index in [1.807, 2.05) is 45.2 Å². The molecule has 1 aliphatic rings. The smallest absolute Gasteiger partial charge is 0.306 e. The fourth-order valence-corrected chi connectivity index (χ4v) is 1.97. The van der Waals surface area contributed by atoms with Gasteiger partial charge in [0.25, 0.3) is 0 Å². The molecule has 0 aliphatic carbocycles. The largest absolute Gasteiger partial charge is 0.494 e. The number of carbonyl (C=O) groups is 1. The van der Waals surface area contributed by atoms with E-state index in [0.717, 1.165) is 17.9 Å². The second-order valence-electron chi connectivity index (χ2n) is 5.87. The topological polar surface area (TPSA) is 47.9 Å². The Hall–Kier alpha value is -1.84. The maximum Gasteiger partial charge on any atom is 0.306 e. The molecule has 1 aromatic rings. The third-order valence-electron chi connectivity index (χ3n) is 2.82. The lowest BCUT2D eigenvalue weighted by molar-refractivity contribution is -0.155. The molecular formula is C16H21NO3. The molecule has 0 saturated carbocycles. The molecule has 1 aromatic carbocycles. The Kier molecular flexibility index (Phi) is 4.42. The van der Waals surface area contributed by atoms with Crippen LogP contribution < -0.4 is 4.74 Å². The van der Waals surface area contributed by atoms with Gasteiger partial charge in [0.2, 0.25) is 0 Å². The molecule has 0 aromatic heterocycles. The van der Waals surface area contributed by atoms with Crippen molar-refractivity contribution in [1.29, 1.82) is 0 Å². The summed E-state index contributed by atoms with van der Waals surface area (Å²) < 4.78 is 10.9. The van der Waals surface area contributed by atoms with Gasteiger partial charge in [0.1, 0.15) is 11.4 Å². The van der Waals surface area contributed by atoms with Crippen molar-refractivity contribution in [3.8, 4) is 5.75 Å². The van der Waals surface area contributed by atoms with Gasteiger partial charge in [0.05, 0.1) is 13.2 Å². The summed E-state index contributed by atoms with van der Waals surface area (Å²) in [5.41, 5.74) is 1.93. The van der Waals surface area contributed by atoms with Crippen molar-refractivity contribution in [2.45, 2.75) is 45.8 Å². The van der Waals surface area contributed by atoms with Gasteiger partial charge in [-0.15, -0.1) is 0 Å². The predicted molar refractivity (Wildman–Crippen MR) is 78.3 cm³/mol. The molecule has 20 heavy (non-hydrogen) atoms. The first kappa shape index (κ1) is 14.6. The molecule has 0 saturated heterocycles. The third-order valence-corrected chi connectivity index (χ3v) is 2.82. The van der Waals surface area contributed by atoms with Gasteiger partial charge in [0.15, 0.2) is 0 Å². The molecule has 0 atom stereocenters. The van der Waals surface area contributed by atoms with Crippen LogP contribution in [0.4, 0.5) is 0 Å². The number of carbonyl (C=O) groups excluding carboxylic acids is 1. The van der Waals surface area contributed by atoms with Gasteiger partial charge in [-0.25, -0.2) is 0 Å². The lowest BCUT2D eigenvalue weighted by atomic mass is 10.1. The standard InChI is InChI=1S/C16H21NO3/c1-16(2,3)20-15(18)5-4-8-19-14-7-6-12-10-17-11-13(12)9-14/h6-7,9,11H,4-5,8,10H2,1-3H3. The second kappa shape index (κ2) is 6.07. The SMILES string of the molecule is CC(C)(C)OC(=O)CCCOc1ccc2c(c1)C=NC2. The minimum atomic E-state index is -0.419. The molecule has 4 nitrogen and oxygen atoms in total. The Bertz CT molecular complexity index is 515. The first-order valence-electron chi connectivity index (χ1n) is 6.91. The zero-order valence-electron chi connectivity index (χ0n) is 12.3. The molecule has 0 N–H and O–H groups in total. The Labute approximate surface area is 119 Å². The van der Waals surface area contributed by atoms with E-state index in [1.165, 1.54) is 5.56 Å². The van der Waals surface area contributed by atoms with E-state index < -0.39 is 5.60 Å². The minimum Gasteiger partial charge on any atom is -0.494 e. The van der Waals surface area contributed by atoms with Crippen LogP contribution in [0.2, 0.25) is 0 Å². The molecule has 0 unspecified atom stereocenters. The van der Waals surface area contributed by atoms with Crippen molar-refractivity contribution < 1.29 is 14.3 Å².